The number of nitrogens with zero attached hydrogens (tertiary/aromatic N) is 7. The molecule has 0 atom stereocenters. The van der Waals surface area contributed by atoms with Gasteiger partial charge in [0.05, 0.1) is 54.5 Å². The quantitative estimate of drug-likeness (QED) is 0.102. The third-order valence-corrected chi connectivity index (χ3v) is 9.06. The highest BCUT2D eigenvalue weighted by Crippen LogP contribution is 2.20. The average molecular weight is 810 g/mol. The van der Waals surface area contributed by atoms with Crippen LogP contribution in [0, 0.1) is 20.8 Å². The van der Waals surface area contributed by atoms with Crippen LogP contribution in [0.1, 0.15) is 33.9 Å². The van der Waals surface area contributed by atoms with Gasteiger partial charge >= 0.3 is 12.1 Å². The van der Waals surface area contributed by atoms with Crippen LogP contribution in [-0.2, 0) is 24.2 Å². The number of rotatable bonds is 16. The summed E-state index contributed by atoms with van der Waals surface area (Å²) in [7, 11) is 1.53. The maximum Gasteiger partial charge on any atom is 0.416 e. The number of hydrogen-bond acceptors (Lipinski definition) is 10. The van der Waals surface area contributed by atoms with Crippen LogP contribution in [0.2, 0.25) is 0 Å². The van der Waals surface area contributed by atoms with Gasteiger partial charge in [0.2, 0.25) is 0 Å². The van der Waals surface area contributed by atoms with Gasteiger partial charge in [-0.15, -0.1) is 0 Å². The van der Waals surface area contributed by atoms with Crippen LogP contribution in [0.5, 0.6) is 23.0 Å². The van der Waals surface area contributed by atoms with E-state index in [2.05, 4.69) is 33.4 Å². The lowest BCUT2D eigenvalue weighted by molar-refractivity contribution is -0.138. The van der Waals surface area contributed by atoms with Gasteiger partial charge in [-0.05, 0) is 105 Å². The van der Waals surface area contributed by atoms with Gasteiger partial charge in [0, 0.05) is 19.4 Å². The molecule has 14 heteroatoms. The van der Waals surface area contributed by atoms with Gasteiger partial charge in [0.25, 0.3) is 0 Å². The van der Waals surface area contributed by atoms with E-state index in [0.29, 0.717) is 36.7 Å². The molecule has 7 rings (SSSR count). The predicted molar refractivity (Wildman–Crippen MR) is 225 cm³/mol. The van der Waals surface area contributed by atoms with E-state index in [4.69, 9.17) is 18.9 Å². The summed E-state index contributed by atoms with van der Waals surface area (Å²) in [6.45, 7) is 6.43. The SMILES string of the molecule is COc1ccc(OC(=O)N(CC(=O)O)Cc2cccc(OCCc3nn(-c4ccccc4)nc3C)c2)cc1.Cc1cccc(OCCc2nn(-c3ccccc3)nc2C)c1. The van der Waals surface area contributed by atoms with Crippen LogP contribution >= 0.6 is 0 Å². The van der Waals surface area contributed by atoms with E-state index in [1.807, 2.05) is 92.7 Å². The van der Waals surface area contributed by atoms with E-state index in [-0.39, 0.29) is 12.3 Å². The number of amides is 1. The zero-order valence-electron chi connectivity index (χ0n) is 34.0. The van der Waals surface area contributed by atoms with Gasteiger partial charge in [0.15, 0.2) is 0 Å². The Morgan fingerprint density at radius 3 is 1.63 bits per heavy atom. The Labute approximate surface area is 348 Å². The smallest absolute Gasteiger partial charge is 0.416 e. The minimum atomic E-state index is -1.15. The molecule has 0 aliphatic carbocycles. The molecule has 60 heavy (non-hydrogen) atoms. The fraction of sp³-hybridized carbons (Fsp3) is 0.217. The number of carboxylic acids is 1. The van der Waals surface area contributed by atoms with Crippen molar-refractivity contribution in [2.75, 3.05) is 26.9 Å². The summed E-state index contributed by atoms with van der Waals surface area (Å²) in [6.07, 6.45) is 0.523. The Balaban J connectivity index is 0.000000232. The maximum absolute atomic E-state index is 12.7. The molecule has 0 aliphatic heterocycles. The standard InChI is InChI=1S/C28H28N4O6.C18H19N3O/c1-20-26(30-32(29-20)22-8-4-3-5-9-22)15-16-37-25-10-6-7-21(17-25)18-31(19-27(33)34)28(35)38-24-13-11-23(36-2)12-14-24;1-14-7-6-10-17(13-14)22-12-11-18-15(2)19-21(20-18)16-8-4-3-5-9-16/h3-14,17H,15-16,18-19H2,1-2H3,(H,33,34);3-10,13H,11-12H2,1-2H3. The van der Waals surface area contributed by atoms with Crippen LogP contribution in [0.4, 0.5) is 4.79 Å². The first-order chi connectivity index (χ1) is 29.1. The lowest BCUT2D eigenvalue weighted by Crippen LogP contribution is -2.37. The molecule has 14 nitrogen and oxygen atoms in total. The van der Waals surface area contributed by atoms with E-state index in [1.165, 1.54) is 12.7 Å². The fourth-order valence-corrected chi connectivity index (χ4v) is 5.98. The predicted octanol–water partition coefficient (Wildman–Crippen LogP) is 7.80. The van der Waals surface area contributed by atoms with Gasteiger partial charge in [-0.1, -0.05) is 60.7 Å². The number of carboxylic acid groups (broad SMARTS) is 1. The number of ether oxygens (including phenoxy) is 4. The van der Waals surface area contributed by atoms with Crippen molar-refractivity contribution in [1.82, 2.24) is 34.9 Å². The van der Waals surface area contributed by atoms with E-state index >= 15 is 0 Å². The molecule has 0 saturated carbocycles. The molecule has 1 amide bonds. The molecule has 0 radical (unpaired) electrons. The summed E-state index contributed by atoms with van der Waals surface area (Å²) in [5.41, 5.74) is 7.31. The Kier molecular flexibility index (Phi) is 14.6. The molecule has 2 aromatic heterocycles. The molecule has 0 bridgehead atoms. The Bertz CT molecular complexity index is 2450. The van der Waals surface area contributed by atoms with E-state index in [0.717, 1.165) is 51.2 Å². The summed E-state index contributed by atoms with van der Waals surface area (Å²) < 4.78 is 22.2. The summed E-state index contributed by atoms with van der Waals surface area (Å²) in [5, 5.41) is 27.4. The molecule has 5 aromatic carbocycles. The van der Waals surface area contributed by atoms with Gasteiger partial charge in [0.1, 0.15) is 29.5 Å². The molecule has 1 N–H and O–H groups in total. The third-order valence-electron chi connectivity index (χ3n) is 9.06. The number of para-hydroxylation sites is 2. The van der Waals surface area contributed by atoms with Gasteiger partial charge in [-0.3, -0.25) is 9.69 Å². The molecule has 308 valence electrons. The van der Waals surface area contributed by atoms with Crippen LogP contribution < -0.4 is 18.9 Å². The zero-order chi connectivity index (χ0) is 42.3. The Hall–Kier alpha value is -7.48. The van der Waals surface area contributed by atoms with Gasteiger partial charge in [-0.25, -0.2) is 4.79 Å². The maximum atomic E-state index is 12.7. The topological polar surface area (TPSA) is 156 Å². The lowest BCUT2D eigenvalue weighted by Gasteiger charge is -2.20. The fourth-order valence-electron chi connectivity index (χ4n) is 5.98. The zero-order valence-corrected chi connectivity index (χ0v) is 34.0. The number of carbonyl (C=O) groups is 2. The second-order valence-corrected chi connectivity index (χ2v) is 13.7. The molecule has 2 heterocycles. The minimum Gasteiger partial charge on any atom is -0.497 e. The Morgan fingerprint density at radius 2 is 1.12 bits per heavy atom. The largest absolute Gasteiger partial charge is 0.497 e. The second kappa shape index (κ2) is 20.8. The van der Waals surface area contributed by atoms with Crippen LogP contribution in [0.3, 0.4) is 0 Å². The molecule has 7 aromatic rings. The number of methoxy groups -OCH3 is 1. The van der Waals surface area contributed by atoms with E-state index < -0.39 is 18.6 Å². The van der Waals surface area contributed by atoms with Gasteiger partial charge < -0.3 is 24.1 Å². The normalized spacial score (nSPS) is 10.6. The highest BCUT2D eigenvalue weighted by molar-refractivity contribution is 5.78. The van der Waals surface area contributed by atoms with Crippen molar-refractivity contribution < 1.29 is 33.6 Å². The summed E-state index contributed by atoms with van der Waals surface area (Å²) in [4.78, 5) is 28.5. The third kappa shape index (κ3) is 12.3. The minimum absolute atomic E-state index is 0.0308. The lowest BCUT2D eigenvalue weighted by atomic mass is 10.2. The monoisotopic (exact) mass is 809 g/mol. The van der Waals surface area contributed by atoms with Crippen molar-refractivity contribution in [1.29, 1.82) is 0 Å². The number of carbonyl (C=O) groups excluding carboxylic acids is 1. The number of aliphatic carboxylic acids is 1. The van der Waals surface area contributed by atoms with Crippen LogP contribution in [0.25, 0.3) is 11.4 Å². The number of aromatic nitrogens is 6. The molecule has 0 saturated heterocycles. The van der Waals surface area contributed by atoms with Gasteiger partial charge in [-0.2, -0.15) is 30.0 Å². The van der Waals surface area contributed by atoms with E-state index in [9.17, 15) is 14.7 Å². The molecule has 0 spiro atoms. The summed E-state index contributed by atoms with van der Waals surface area (Å²) >= 11 is 0. The van der Waals surface area contributed by atoms with Crippen LogP contribution in [0.15, 0.2) is 133 Å². The first-order valence-electron chi connectivity index (χ1n) is 19.3. The average Bonchev–Trinajstić information content (AvgIpc) is 3.82. The van der Waals surface area contributed by atoms with Crippen molar-refractivity contribution in [2.45, 2.75) is 40.2 Å². The molecule has 0 aliphatic rings. The van der Waals surface area contributed by atoms with E-state index in [1.54, 1.807) is 58.1 Å². The van der Waals surface area contributed by atoms with Crippen molar-refractivity contribution >= 4 is 12.1 Å². The molecule has 0 unspecified atom stereocenters. The van der Waals surface area contributed by atoms with Crippen molar-refractivity contribution in [3.63, 3.8) is 0 Å². The molecular weight excluding hydrogens is 763 g/mol. The Morgan fingerprint density at radius 1 is 0.600 bits per heavy atom. The number of aryl methyl sites for hydroxylation is 3. The summed E-state index contributed by atoms with van der Waals surface area (Å²) in [6, 6.07) is 41.3. The number of hydrogen-bond donors (Lipinski definition) is 1. The van der Waals surface area contributed by atoms with Crippen molar-refractivity contribution in [3.05, 3.63) is 167 Å². The number of benzene rings is 5. The molecule has 0 fully saturated rings. The first kappa shape index (κ1) is 42.1. The second-order valence-electron chi connectivity index (χ2n) is 13.7. The molecular formula is C46H47N7O7. The highest BCUT2D eigenvalue weighted by atomic mass is 16.6. The summed E-state index contributed by atoms with van der Waals surface area (Å²) in [5.74, 6) is 1.23. The van der Waals surface area contributed by atoms with Crippen LogP contribution in [-0.4, -0.2) is 78.9 Å². The van der Waals surface area contributed by atoms with Crippen molar-refractivity contribution in [3.8, 4) is 34.4 Å². The highest BCUT2D eigenvalue weighted by Gasteiger charge is 2.20. The van der Waals surface area contributed by atoms with Crippen molar-refractivity contribution in [2.24, 2.45) is 0 Å². The first-order valence-corrected chi connectivity index (χ1v) is 19.3.